The Morgan fingerprint density at radius 1 is 1.57 bits per heavy atom. The van der Waals surface area contributed by atoms with Gasteiger partial charge >= 0.3 is 5.97 Å². The van der Waals surface area contributed by atoms with Crippen molar-refractivity contribution in [2.75, 3.05) is 0 Å². The lowest BCUT2D eigenvalue weighted by Gasteiger charge is -2.08. The number of aromatic carboxylic acids is 1. The van der Waals surface area contributed by atoms with Crippen molar-refractivity contribution in [1.82, 2.24) is 9.97 Å². The summed E-state index contributed by atoms with van der Waals surface area (Å²) in [6, 6.07) is 0. The van der Waals surface area contributed by atoms with E-state index in [0.717, 1.165) is 6.42 Å². The van der Waals surface area contributed by atoms with Crippen molar-refractivity contribution in [3.8, 4) is 0 Å². The van der Waals surface area contributed by atoms with Crippen molar-refractivity contribution >= 4 is 5.97 Å². The molecular weight excluding hydrogens is 180 g/mol. The standard InChI is InChI=1S/C10H14N2O2/c1-4-8-11-5-7(10(13)14)9(12-8)6(2)3/h5-6H,4H2,1-3H3,(H,13,14). The van der Waals surface area contributed by atoms with Gasteiger partial charge in [0.1, 0.15) is 5.82 Å². The van der Waals surface area contributed by atoms with Gasteiger partial charge < -0.3 is 5.11 Å². The molecule has 0 aliphatic heterocycles. The summed E-state index contributed by atoms with van der Waals surface area (Å²) in [4.78, 5) is 19.0. The molecule has 0 aliphatic rings. The number of carboxylic acid groups (broad SMARTS) is 1. The second-order valence-electron chi connectivity index (χ2n) is 3.40. The van der Waals surface area contributed by atoms with E-state index in [1.807, 2.05) is 20.8 Å². The summed E-state index contributed by atoms with van der Waals surface area (Å²) in [5.41, 5.74) is 0.821. The lowest BCUT2D eigenvalue weighted by Crippen LogP contribution is -2.09. The highest BCUT2D eigenvalue weighted by atomic mass is 16.4. The fourth-order valence-corrected chi connectivity index (χ4v) is 1.21. The number of carbonyl (C=O) groups is 1. The third kappa shape index (κ3) is 2.07. The van der Waals surface area contributed by atoms with E-state index < -0.39 is 5.97 Å². The summed E-state index contributed by atoms with van der Waals surface area (Å²) in [5, 5.41) is 8.90. The van der Waals surface area contributed by atoms with Crippen molar-refractivity contribution in [2.45, 2.75) is 33.1 Å². The minimum absolute atomic E-state index is 0.106. The third-order valence-corrected chi connectivity index (χ3v) is 1.96. The predicted octanol–water partition coefficient (Wildman–Crippen LogP) is 1.86. The number of aromatic nitrogens is 2. The predicted molar refractivity (Wildman–Crippen MR) is 52.5 cm³/mol. The minimum Gasteiger partial charge on any atom is -0.478 e. The van der Waals surface area contributed by atoms with Crippen LogP contribution < -0.4 is 0 Å². The molecule has 14 heavy (non-hydrogen) atoms. The van der Waals surface area contributed by atoms with Gasteiger partial charge in [-0.1, -0.05) is 20.8 Å². The maximum atomic E-state index is 10.8. The van der Waals surface area contributed by atoms with Gasteiger partial charge in [-0.15, -0.1) is 0 Å². The Bertz CT molecular complexity index is 348. The van der Waals surface area contributed by atoms with Crippen molar-refractivity contribution in [2.24, 2.45) is 0 Å². The molecule has 0 saturated carbocycles. The largest absolute Gasteiger partial charge is 0.478 e. The van der Waals surface area contributed by atoms with Gasteiger partial charge in [0, 0.05) is 12.6 Å². The average Bonchev–Trinajstić information content (AvgIpc) is 2.16. The Labute approximate surface area is 83.0 Å². The van der Waals surface area contributed by atoms with Crippen LogP contribution in [0.25, 0.3) is 0 Å². The van der Waals surface area contributed by atoms with Crippen LogP contribution in [0.5, 0.6) is 0 Å². The maximum Gasteiger partial charge on any atom is 0.339 e. The van der Waals surface area contributed by atoms with Crippen LogP contribution in [0, 0.1) is 0 Å². The molecule has 0 radical (unpaired) electrons. The van der Waals surface area contributed by atoms with Crippen molar-refractivity contribution in [1.29, 1.82) is 0 Å². The average molecular weight is 194 g/mol. The zero-order valence-electron chi connectivity index (χ0n) is 8.61. The molecule has 0 atom stereocenters. The van der Waals surface area contributed by atoms with E-state index in [0.29, 0.717) is 11.5 Å². The number of rotatable bonds is 3. The monoisotopic (exact) mass is 194 g/mol. The van der Waals surface area contributed by atoms with E-state index in [-0.39, 0.29) is 11.5 Å². The highest BCUT2D eigenvalue weighted by Gasteiger charge is 2.15. The Balaban J connectivity index is 3.24. The number of hydrogen-bond acceptors (Lipinski definition) is 3. The molecule has 4 nitrogen and oxygen atoms in total. The van der Waals surface area contributed by atoms with Crippen LogP contribution >= 0.6 is 0 Å². The SMILES string of the molecule is CCc1ncc(C(=O)O)c(C(C)C)n1. The zero-order valence-corrected chi connectivity index (χ0v) is 8.61. The minimum atomic E-state index is -0.962. The molecule has 0 fully saturated rings. The van der Waals surface area contributed by atoms with Gasteiger partial charge in [0.25, 0.3) is 0 Å². The maximum absolute atomic E-state index is 10.8. The van der Waals surface area contributed by atoms with Gasteiger partial charge in [-0.3, -0.25) is 0 Å². The molecule has 0 saturated heterocycles. The van der Waals surface area contributed by atoms with Crippen LogP contribution in [0.1, 0.15) is 48.6 Å². The summed E-state index contributed by atoms with van der Waals surface area (Å²) in [7, 11) is 0. The molecule has 1 aromatic rings. The second kappa shape index (κ2) is 4.17. The highest BCUT2D eigenvalue weighted by Crippen LogP contribution is 2.16. The topological polar surface area (TPSA) is 63.1 Å². The quantitative estimate of drug-likeness (QED) is 0.797. The molecule has 1 aromatic heterocycles. The van der Waals surface area contributed by atoms with Crippen LogP contribution in [-0.2, 0) is 6.42 Å². The van der Waals surface area contributed by atoms with Crippen LogP contribution in [0.2, 0.25) is 0 Å². The van der Waals surface area contributed by atoms with Gasteiger partial charge in [0.2, 0.25) is 0 Å². The summed E-state index contributed by atoms with van der Waals surface area (Å²) in [5.74, 6) is -0.163. The Hall–Kier alpha value is -1.45. The molecule has 1 heterocycles. The Morgan fingerprint density at radius 2 is 2.21 bits per heavy atom. The smallest absolute Gasteiger partial charge is 0.339 e. The fourth-order valence-electron chi connectivity index (χ4n) is 1.21. The van der Waals surface area contributed by atoms with Crippen molar-refractivity contribution in [3.63, 3.8) is 0 Å². The van der Waals surface area contributed by atoms with E-state index in [9.17, 15) is 4.79 Å². The fraction of sp³-hybridized carbons (Fsp3) is 0.500. The molecule has 0 aliphatic carbocycles. The van der Waals surface area contributed by atoms with E-state index >= 15 is 0 Å². The van der Waals surface area contributed by atoms with Crippen LogP contribution in [-0.4, -0.2) is 21.0 Å². The molecule has 4 heteroatoms. The normalized spacial score (nSPS) is 10.6. The molecule has 1 N–H and O–H groups in total. The number of nitrogens with zero attached hydrogens (tertiary/aromatic N) is 2. The van der Waals surface area contributed by atoms with E-state index in [1.165, 1.54) is 6.20 Å². The lowest BCUT2D eigenvalue weighted by atomic mass is 10.1. The van der Waals surface area contributed by atoms with E-state index in [4.69, 9.17) is 5.11 Å². The molecule has 0 unspecified atom stereocenters. The summed E-state index contributed by atoms with van der Waals surface area (Å²) in [6.07, 6.45) is 2.11. The summed E-state index contributed by atoms with van der Waals surface area (Å²) in [6.45, 7) is 5.79. The van der Waals surface area contributed by atoms with Crippen LogP contribution in [0.3, 0.4) is 0 Å². The molecule has 0 aromatic carbocycles. The van der Waals surface area contributed by atoms with Crippen LogP contribution in [0.15, 0.2) is 6.20 Å². The first-order valence-corrected chi connectivity index (χ1v) is 4.65. The Kier molecular flexibility index (Phi) is 3.17. The highest BCUT2D eigenvalue weighted by molar-refractivity contribution is 5.88. The lowest BCUT2D eigenvalue weighted by molar-refractivity contribution is 0.0694. The van der Waals surface area contributed by atoms with Gasteiger partial charge in [-0.25, -0.2) is 14.8 Å². The first-order chi connectivity index (χ1) is 6.56. The summed E-state index contributed by atoms with van der Waals surface area (Å²) >= 11 is 0. The Morgan fingerprint density at radius 3 is 2.64 bits per heavy atom. The molecule has 76 valence electrons. The third-order valence-electron chi connectivity index (χ3n) is 1.96. The van der Waals surface area contributed by atoms with Gasteiger partial charge in [-0.2, -0.15) is 0 Å². The van der Waals surface area contributed by atoms with Gasteiger partial charge in [0.15, 0.2) is 0 Å². The first-order valence-electron chi connectivity index (χ1n) is 4.65. The number of carboxylic acids is 1. The van der Waals surface area contributed by atoms with E-state index in [2.05, 4.69) is 9.97 Å². The molecule has 1 rings (SSSR count). The zero-order chi connectivity index (χ0) is 10.7. The van der Waals surface area contributed by atoms with Crippen molar-refractivity contribution in [3.05, 3.63) is 23.3 Å². The van der Waals surface area contributed by atoms with Gasteiger partial charge in [-0.05, 0) is 5.92 Å². The molecule has 0 amide bonds. The molecule has 0 spiro atoms. The molecule has 0 bridgehead atoms. The van der Waals surface area contributed by atoms with Crippen LogP contribution in [0.4, 0.5) is 0 Å². The molecular formula is C10H14N2O2. The van der Waals surface area contributed by atoms with Crippen molar-refractivity contribution < 1.29 is 9.90 Å². The summed E-state index contributed by atoms with van der Waals surface area (Å²) < 4.78 is 0. The number of aryl methyl sites for hydroxylation is 1. The van der Waals surface area contributed by atoms with E-state index in [1.54, 1.807) is 0 Å². The van der Waals surface area contributed by atoms with Gasteiger partial charge in [0.05, 0.1) is 11.3 Å². The number of hydrogen-bond donors (Lipinski definition) is 1. The first kappa shape index (κ1) is 10.6. The second-order valence-corrected chi connectivity index (χ2v) is 3.40.